The van der Waals surface area contributed by atoms with Gasteiger partial charge in [-0.1, -0.05) is 75.4 Å². The molecular weight excluding hydrogens is 276 g/mol. The molecule has 3 aromatic rings. The van der Waals surface area contributed by atoms with Crippen LogP contribution in [-0.2, 0) is 10.2 Å². The largest absolute Gasteiger partial charge is 0.297 e. The molecule has 0 bridgehead atoms. The fourth-order valence-electron chi connectivity index (χ4n) is 1.77. The summed E-state index contributed by atoms with van der Waals surface area (Å²) in [5, 5.41) is 1.79. The number of hydrazine groups is 1. The number of carbonyl (C=O) groups excluding carboxylic acids is 1. The average Bonchev–Trinajstić information content (AvgIpc) is 3.19. The number of rotatable bonds is 1. The summed E-state index contributed by atoms with van der Waals surface area (Å²) in [5.41, 5.74) is 3.66. The lowest BCUT2D eigenvalue weighted by Crippen LogP contribution is -2.18. The minimum atomic E-state index is 0.218. The van der Waals surface area contributed by atoms with Gasteiger partial charge in [0.25, 0.3) is 0 Å². The van der Waals surface area contributed by atoms with Crippen LogP contribution in [-0.4, -0.2) is 6.41 Å². The molecule has 0 saturated heterocycles. The van der Waals surface area contributed by atoms with Gasteiger partial charge < -0.3 is 0 Å². The van der Waals surface area contributed by atoms with Crippen molar-refractivity contribution >= 4 is 17.2 Å². The molecule has 3 N–H and O–H groups in total. The van der Waals surface area contributed by atoms with Gasteiger partial charge in [-0.3, -0.25) is 15.0 Å². The Morgan fingerprint density at radius 1 is 0.909 bits per heavy atom. The third-order valence-electron chi connectivity index (χ3n) is 3.06. The lowest BCUT2D eigenvalue weighted by molar-refractivity contribution is -0.109. The van der Waals surface area contributed by atoms with Crippen molar-refractivity contribution in [3.63, 3.8) is 0 Å². The highest BCUT2D eigenvalue weighted by molar-refractivity contribution is 5.96. The molecule has 4 heteroatoms. The van der Waals surface area contributed by atoms with E-state index in [-0.39, 0.29) is 5.43 Å². The second-order valence-electron chi connectivity index (χ2n) is 5.78. The lowest BCUT2D eigenvalue weighted by atomic mass is 9.87. The van der Waals surface area contributed by atoms with E-state index in [1.54, 1.807) is 5.43 Å². The van der Waals surface area contributed by atoms with Crippen LogP contribution in [0.3, 0.4) is 0 Å². The Bertz CT molecular complexity index is 675. The van der Waals surface area contributed by atoms with Gasteiger partial charge in [0, 0.05) is 10.8 Å². The van der Waals surface area contributed by atoms with Gasteiger partial charge in [-0.05, 0) is 11.0 Å². The predicted molar refractivity (Wildman–Crippen MR) is 91.1 cm³/mol. The van der Waals surface area contributed by atoms with E-state index in [2.05, 4.69) is 56.9 Å². The van der Waals surface area contributed by atoms with Crippen molar-refractivity contribution in [2.45, 2.75) is 26.2 Å². The normalized spacial score (nSPS) is 10.2. The maximum Gasteiger partial charge on any atom is 0.221 e. The van der Waals surface area contributed by atoms with Crippen molar-refractivity contribution in [2.75, 3.05) is 0 Å². The first-order valence-corrected chi connectivity index (χ1v) is 7.01. The van der Waals surface area contributed by atoms with E-state index in [9.17, 15) is 4.79 Å². The molecule has 0 aliphatic heterocycles. The van der Waals surface area contributed by atoms with Gasteiger partial charge >= 0.3 is 0 Å². The van der Waals surface area contributed by atoms with E-state index >= 15 is 0 Å². The maximum absolute atomic E-state index is 10.5. The summed E-state index contributed by atoms with van der Waals surface area (Å²) in [7, 11) is 0. The summed E-state index contributed by atoms with van der Waals surface area (Å²) in [5.74, 6) is 4.41. The number of hydrogen-bond acceptors (Lipinski definition) is 3. The monoisotopic (exact) mass is 298 g/mol. The van der Waals surface area contributed by atoms with E-state index in [1.807, 2.05) is 24.3 Å². The first-order chi connectivity index (χ1) is 10.4. The number of amides is 1. The van der Waals surface area contributed by atoms with E-state index in [4.69, 9.17) is 4.79 Å². The van der Waals surface area contributed by atoms with E-state index in [0.29, 0.717) is 11.8 Å². The predicted octanol–water partition coefficient (Wildman–Crippen LogP) is 2.67. The smallest absolute Gasteiger partial charge is 0.221 e. The van der Waals surface area contributed by atoms with E-state index < -0.39 is 0 Å². The topological polar surface area (TPSA) is 72.2 Å². The van der Waals surface area contributed by atoms with E-state index in [1.165, 1.54) is 5.56 Å². The Morgan fingerprint density at radius 3 is 1.59 bits per heavy atom. The minimum absolute atomic E-state index is 0.218. The molecule has 0 atom stereocenters. The molecule has 116 valence electrons. The van der Waals surface area contributed by atoms with Crippen LogP contribution in [0.5, 0.6) is 0 Å². The molecule has 0 aromatic heterocycles. The van der Waals surface area contributed by atoms with Crippen LogP contribution in [0.1, 0.15) is 26.3 Å². The number of nitrogens with two attached hydrogens (primary N) is 1. The summed E-state index contributed by atoms with van der Waals surface area (Å²) in [6.07, 6.45) is 0.403. The number of hydrogen-bond donors (Lipinski definition) is 2. The van der Waals surface area contributed by atoms with E-state index in [0.717, 1.165) is 10.8 Å². The quantitative estimate of drug-likeness (QED) is 0.314. The van der Waals surface area contributed by atoms with Crippen LogP contribution in [0.4, 0.5) is 0 Å². The van der Waals surface area contributed by atoms with Crippen LogP contribution in [0, 0.1) is 0 Å². The molecule has 3 rings (SSSR count). The molecular formula is C18H22N2O2. The van der Waals surface area contributed by atoms with Crippen molar-refractivity contribution in [3.8, 4) is 0 Å². The average molecular weight is 298 g/mol. The highest BCUT2D eigenvalue weighted by Gasteiger charge is 2.11. The van der Waals surface area contributed by atoms with Crippen molar-refractivity contribution < 1.29 is 4.79 Å². The zero-order valence-corrected chi connectivity index (χ0v) is 13.2. The molecule has 0 aliphatic carbocycles. The first kappa shape index (κ1) is 17.6. The number of carbonyl (C=O) groups is 1. The summed E-state index contributed by atoms with van der Waals surface area (Å²) in [6, 6.07) is 18.0. The molecule has 4 nitrogen and oxygen atoms in total. The second-order valence-corrected chi connectivity index (χ2v) is 5.78. The molecule has 0 heterocycles. The standard InChI is InChI=1S/C10H14.C7H4O.CH4N2O/c1-10(2,3)9-7-5-4-6-8-9;8-7-5-3-1-2-4-6(5)7;2-3-1-4/h4-8H,1-3H3;1-4H;1H,2H2,(H,3,4). The maximum atomic E-state index is 10.5. The summed E-state index contributed by atoms with van der Waals surface area (Å²) in [6.45, 7) is 6.67. The Morgan fingerprint density at radius 2 is 1.32 bits per heavy atom. The fourth-order valence-corrected chi connectivity index (χ4v) is 1.77. The highest BCUT2D eigenvalue weighted by atomic mass is 16.1. The Kier molecular flexibility index (Phi) is 6.47. The molecule has 0 aliphatic rings. The zero-order chi connectivity index (χ0) is 16.6. The second kappa shape index (κ2) is 8.10. The SMILES string of the molecule is CC(C)(C)c1ccccc1.NNC=O.O=c1c2ccccc12. The summed E-state index contributed by atoms with van der Waals surface area (Å²) < 4.78 is 0. The van der Waals surface area contributed by atoms with Crippen LogP contribution in [0.2, 0.25) is 0 Å². The zero-order valence-electron chi connectivity index (χ0n) is 13.2. The van der Waals surface area contributed by atoms with Gasteiger partial charge in [-0.25, -0.2) is 5.84 Å². The Balaban J connectivity index is 0.000000181. The van der Waals surface area contributed by atoms with Crippen molar-refractivity contribution in [2.24, 2.45) is 5.84 Å². The van der Waals surface area contributed by atoms with Gasteiger partial charge in [0.15, 0.2) is 5.43 Å². The minimum Gasteiger partial charge on any atom is -0.297 e. The summed E-state index contributed by atoms with van der Waals surface area (Å²) in [4.78, 5) is 19.5. The molecule has 0 unspecified atom stereocenters. The van der Waals surface area contributed by atoms with Crippen LogP contribution < -0.4 is 16.7 Å². The molecule has 0 radical (unpaired) electrons. The summed E-state index contributed by atoms with van der Waals surface area (Å²) >= 11 is 0. The van der Waals surface area contributed by atoms with Gasteiger partial charge in [0.05, 0.1) is 0 Å². The van der Waals surface area contributed by atoms with Crippen molar-refractivity contribution in [3.05, 3.63) is 70.4 Å². The van der Waals surface area contributed by atoms with Crippen molar-refractivity contribution in [1.82, 2.24) is 5.43 Å². The molecule has 0 fully saturated rings. The van der Waals surface area contributed by atoms with Crippen molar-refractivity contribution in [1.29, 1.82) is 0 Å². The third kappa shape index (κ3) is 5.50. The Hall–Kier alpha value is -2.46. The number of fused-ring (bicyclic) bond motifs is 1. The molecule has 22 heavy (non-hydrogen) atoms. The molecule has 3 aromatic carbocycles. The number of nitrogens with one attached hydrogen (secondary N) is 1. The highest BCUT2D eigenvalue weighted by Crippen LogP contribution is 2.20. The van der Waals surface area contributed by atoms with Crippen LogP contribution in [0.15, 0.2) is 59.4 Å². The third-order valence-corrected chi connectivity index (χ3v) is 3.06. The fraction of sp³-hybridized carbons (Fsp3) is 0.222. The van der Waals surface area contributed by atoms with Gasteiger partial charge in [0.1, 0.15) is 0 Å². The van der Waals surface area contributed by atoms with Crippen LogP contribution in [0.25, 0.3) is 10.8 Å². The van der Waals surface area contributed by atoms with Crippen LogP contribution >= 0.6 is 0 Å². The Labute approximate surface area is 130 Å². The molecule has 0 spiro atoms. The van der Waals surface area contributed by atoms with Gasteiger partial charge in [-0.15, -0.1) is 0 Å². The first-order valence-electron chi connectivity index (χ1n) is 7.01. The lowest BCUT2D eigenvalue weighted by Gasteiger charge is -2.18. The molecule has 0 saturated carbocycles. The van der Waals surface area contributed by atoms with Gasteiger partial charge in [0.2, 0.25) is 6.41 Å². The number of benzene rings is 2. The van der Waals surface area contributed by atoms with Gasteiger partial charge in [-0.2, -0.15) is 0 Å². The molecule has 1 amide bonds.